The van der Waals surface area contributed by atoms with Crippen molar-refractivity contribution in [2.45, 2.75) is 38.2 Å². The van der Waals surface area contributed by atoms with Gasteiger partial charge < -0.3 is 4.74 Å². The van der Waals surface area contributed by atoms with Crippen LogP contribution >= 0.6 is 0 Å². The van der Waals surface area contributed by atoms with E-state index in [9.17, 15) is 9.18 Å². The third-order valence-corrected chi connectivity index (χ3v) is 3.04. The topological polar surface area (TPSA) is 39.2 Å². The van der Waals surface area contributed by atoms with Crippen LogP contribution in [-0.2, 0) is 4.74 Å². The molecule has 2 rings (SSSR count). The SMILES string of the molecule is O=C(CCC1CCCCO1)c1ccncc1F. The lowest BCUT2D eigenvalue weighted by atomic mass is 10.0. The standard InChI is InChI=1S/C13H16FNO2/c14-12-9-15-7-6-11(12)13(16)5-4-10-3-1-2-8-17-10/h6-7,9-10H,1-5,8H2. The van der Waals surface area contributed by atoms with E-state index < -0.39 is 5.82 Å². The van der Waals surface area contributed by atoms with Gasteiger partial charge in [-0.15, -0.1) is 0 Å². The van der Waals surface area contributed by atoms with E-state index in [4.69, 9.17) is 4.74 Å². The number of carbonyl (C=O) groups is 1. The Hall–Kier alpha value is -1.29. The van der Waals surface area contributed by atoms with E-state index in [-0.39, 0.29) is 17.5 Å². The van der Waals surface area contributed by atoms with Crippen molar-refractivity contribution < 1.29 is 13.9 Å². The summed E-state index contributed by atoms with van der Waals surface area (Å²) in [5, 5.41) is 0. The summed E-state index contributed by atoms with van der Waals surface area (Å²) < 4.78 is 18.8. The van der Waals surface area contributed by atoms with Crippen molar-refractivity contribution in [2.24, 2.45) is 0 Å². The van der Waals surface area contributed by atoms with Gasteiger partial charge in [0.15, 0.2) is 11.6 Å². The van der Waals surface area contributed by atoms with Crippen LogP contribution in [0.2, 0.25) is 0 Å². The summed E-state index contributed by atoms with van der Waals surface area (Å²) >= 11 is 0. The number of ketones is 1. The molecule has 1 saturated heterocycles. The third kappa shape index (κ3) is 3.33. The molecule has 0 N–H and O–H groups in total. The molecule has 4 heteroatoms. The molecule has 0 radical (unpaired) electrons. The van der Waals surface area contributed by atoms with Crippen LogP contribution in [0.5, 0.6) is 0 Å². The molecule has 1 fully saturated rings. The van der Waals surface area contributed by atoms with Gasteiger partial charge in [-0.2, -0.15) is 0 Å². The van der Waals surface area contributed by atoms with E-state index in [2.05, 4.69) is 4.98 Å². The highest BCUT2D eigenvalue weighted by atomic mass is 19.1. The molecule has 92 valence electrons. The van der Waals surface area contributed by atoms with Gasteiger partial charge in [-0.1, -0.05) is 0 Å². The Morgan fingerprint density at radius 1 is 1.53 bits per heavy atom. The van der Waals surface area contributed by atoms with Crippen LogP contribution in [0, 0.1) is 5.82 Å². The lowest BCUT2D eigenvalue weighted by Gasteiger charge is -2.22. The van der Waals surface area contributed by atoms with Crippen molar-refractivity contribution >= 4 is 5.78 Å². The molecule has 0 bridgehead atoms. The first-order valence-corrected chi connectivity index (χ1v) is 6.01. The van der Waals surface area contributed by atoms with Gasteiger partial charge >= 0.3 is 0 Å². The summed E-state index contributed by atoms with van der Waals surface area (Å²) in [6.07, 6.45) is 6.96. The molecule has 1 aromatic rings. The smallest absolute Gasteiger partial charge is 0.166 e. The quantitative estimate of drug-likeness (QED) is 0.756. The molecule has 3 nitrogen and oxygen atoms in total. The number of halogens is 1. The number of carbonyl (C=O) groups excluding carboxylic acids is 1. The summed E-state index contributed by atoms with van der Waals surface area (Å²) in [5.74, 6) is -0.707. The Balaban J connectivity index is 1.87. The van der Waals surface area contributed by atoms with Gasteiger partial charge in [0.2, 0.25) is 0 Å². The highest BCUT2D eigenvalue weighted by molar-refractivity contribution is 5.96. The number of hydrogen-bond acceptors (Lipinski definition) is 3. The Bertz CT molecular complexity index is 389. The second-order valence-electron chi connectivity index (χ2n) is 4.31. The largest absolute Gasteiger partial charge is 0.378 e. The minimum Gasteiger partial charge on any atom is -0.378 e. The summed E-state index contributed by atoms with van der Waals surface area (Å²) in [7, 11) is 0. The van der Waals surface area contributed by atoms with Gasteiger partial charge in [-0.3, -0.25) is 9.78 Å². The Kier molecular flexibility index (Phi) is 4.20. The van der Waals surface area contributed by atoms with Crippen molar-refractivity contribution in [2.75, 3.05) is 6.61 Å². The van der Waals surface area contributed by atoms with E-state index in [1.54, 1.807) is 0 Å². The van der Waals surface area contributed by atoms with E-state index in [1.165, 1.54) is 12.3 Å². The molecule has 17 heavy (non-hydrogen) atoms. The summed E-state index contributed by atoms with van der Waals surface area (Å²) in [6.45, 7) is 0.780. The van der Waals surface area contributed by atoms with Crippen molar-refractivity contribution in [3.05, 3.63) is 29.8 Å². The lowest BCUT2D eigenvalue weighted by molar-refractivity contribution is 0.0104. The minimum absolute atomic E-state index is 0.135. The summed E-state index contributed by atoms with van der Waals surface area (Å²) in [6, 6.07) is 1.43. The fourth-order valence-corrected chi connectivity index (χ4v) is 2.06. The molecular formula is C13H16FNO2. The predicted octanol–water partition coefficient (Wildman–Crippen LogP) is 2.75. The molecule has 0 aliphatic carbocycles. The molecule has 1 aliphatic rings. The van der Waals surface area contributed by atoms with Crippen LogP contribution in [0.25, 0.3) is 0 Å². The number of Topliss-reactive ketones (excluding diaryl/α,β-unsaturated/α-hetero) is 1. The van der Waals surface area contributed by atoms with Crippen LogP contribution in [0.1, 0.15) is 42.5 Å². The average Bonchev–Trinajstić information content (AvgIpc) is 2.38. The van der Waals surface area contributed by atoms with Gasteiger partial charge in [0.25, 0.3) is 0 Å². The highest BCUT2D eigenvalue weighted by Crippen LogP contribution is 2.18. The van der Waals surface area contributed by atoms with Crippen LogP contribution < -0.4 is 0 Å². The summed E-state index contributed by atoms with van der Waals surface area (Å²) in [4.78, 5) is 15.4. The first-order valence-electron chi connectivity index (χ1n) is 6.01. The maximum Gasteiger partial charge on any atom is 0.166 e. The number of nitrogens with zero attached hydrogens (tertiary/aromatic N) is 1. The van der Waals surface area contributed by atoms with Gasteiger partial charge in [0, 0.05) is 19.2 Å². The van der Waals surface area contributed by atoms with Gasteiger partial charge in [-0.05, 0) is 31.7 Å². The fourth-order valence-electron chi connectivity index (χ4n) is 2.06. The van der Waals surface area contributed by atoms with Crippen LogP contribution in [-0.4, -0.2) is 23.5 Å². The lowest BCUT2D eigenvalue weighted by Crippen LogP contribution is -2.20. The van der Waals surface area contributed by atoms with E-state index in [0.717, 1.165) is 32.1 Å². The molecule has 0 spiro atoms. The molecule has 0 aromatic carbocycles. The molecule has 1 aliphatic heterocycles. The molecule has 0 saturated carbocycles. The zero-order chi connectivity index (χ0) is 12.1. The highest BCUT2D eigenvalue weighted by Gasteiger charge is 2.17. The van der Waals surface area contributed by atoms with Crippen molar-refractivity contribution in [1.82, 2.24) is 4.98 Å². The van der Waals surface area contributed by atoms with Gasteiger partial charge in [0.05, 0.1) is 17.9 Å². The summed E-state index contributed by atoms with van der Waals surface area (Å²) in [5.41, 5.74) is 0.135. The van der Waals surface area contributed by atoms with E-state index in [1.807, 2.05) is 0 Å². The first-order chi connectivity index (χ1) is 8.27. The van der Waals surface area contributed by atoms with E-state index in [0.29, 0.717) is 12.8 Å². The Morgan fingerprint density at radius 2 is 2.41 bits per heavy atom. The zero-order valence-electron chi connectivity index (χ0n) is 9.69. The average molecular weight is 237 g/mol. The fraction of sp³-hybridized carbons (Fsp3) is 0.538. The van der Waals surface area contributed by atoms with E-state index >= 15 is 0 Å². The predicted molar refractivity (Wildman–Crippen MR) is 61.4 cm³/mol. The maximum absolute atomic E-state index is 13.3. The Morgan fingerprint density at radius 3 is 3.12 bits per heavy atom. The van der Waals surface area contributed by atoms with Crippen molar-refractivity contribution in [3.8, 4) is 0 Å². The number of pyridine rings is 1. The van der Waals surface area contributed by atoms with Crippen LogP contribution in [0.15, 0.2) is 18.5 Å². The number of ether oxygens (including phenoxy) is 1. The van der Waals surface area contributed by atoms with Crippen molar-refractivity contribution in [3.63, 3.8) is 0 Å². The number of rotatable bonds is 4. The first kappa shape index (κ1) is 12.2. The normalized spacial score (nSPS) is 20.2. The molecule has 1 atom stereocenters. The number of hydrogen-bond donors (Lipinski definition) is 0. The molecular weight excluding hydrogens is 221 g/mol. The van der Waals surface area contributed by atoms with Crippen LogP contribution in [0.4, 0.5) is 4.39 Å². The third-order valence-electron chi connectivity index (χ3n) is 3.04. The monoisotopic (exact) mass is 237 g/mol. The molecule has 1 aromatic heterocycles. The second kappa shape index (κ2) is 5.87. The molecule has 0 amide bonds. The van der Waals surface area contributed by atoms with Crippen molar-refractivity contribution in [1.29, 1.82) is 0 Å². The van der Waals surface area contributed by atoms with Crippen LogP contribution in [0.3, 0.4) is 0 Å². The Labute approximate surface area is 100 Å². The zero-order valence-corrected chi connectivity index (χ0v) is 9.69. The maximum atomic E-state index is 13.3. The van der Waals surface area contributed by atoms with Gasteiger partial charge in [-0.25, -0.2) is 4.39 Å². The second-order valence-corrected chi connectivity index (χ2v) is 4.31. The molecule has 1 unspecified atom stereocenters. The van der Waals surface area contributed by atoms with Gasteiger partial charge in [0.1, 0.15) is 0 Å². The molecule has 2 heterocycles. The number of aromatic nitrogens is 1. The minimum atomic E-state index is -0.540.